The van der Waals surface area contributed by atoms with Crippen LogP contribution in [-0.2, 0) is 4.74 Å². The molecule has 0 aromatic heterocycles. The molecule has 5 nitrogen and oxygen atoms in total. The topological polar surface area (TPSA) is 62.7 Å². The van der Waals surface area contributed by atoms with E-state index in [0.29, 0.717) is 0 Å². The van der Waals surface area contributed by atoms with Gasteiger partial charge in [-0.2, -0.15) is 5.10 Å². The van der Waals surface area contributed by atoms with E-state index in [0.717, 1.165) is 16.9 Å². The van der Waals surface area contributed by atoms with E-state index in [1.165, 1.54) is 7.11 Å². The Morgan fingerprint density at radius 1 is 1.05 bits per heavy atom. The Labute approximate surface area is 117 Å². The summed E-state index contributed by atoms with van der Waals surface area (Å²) in [6, 6.07) is 17.6. The van der Waals surface area contributed by atoms with E-state index in [1.54, 1.807) is 6.21 Å². The van der Waals surface area contributed by atoms with Gasteiger partial charge in [-0.3, -0.25) is 0 Å². The lowest BCUT2D eigenvalue weighted by Crippen LogP contribution is -2.16. The summed E-state index contributed by atoms with van der Waals surface area (Å²) in [5.74, 6) is 0. The lowest BCUT2D eigenvalue weighted by molar-refractivity contribution is 0.171. The van der Waals surface area contributed by atoms with E-state index in [9.17, 15) is 4.79 Å². The molecule has 2 rings (SSSR count). The average molecular weight is 269 g/mol. The van der Waals surface area contributed by atoms with Gasteiger partial charge in [-0.15, -0.1) is 0 Å². The molecular formula is C15H15N3O2. The highest BCUT2D eigenvalue weighted by Crippen LogP contribution is 2.15. The molecule has 0 saturated carbocycles. The number of methoxy groups -OCH3 is 1. The van der Waals surface area contributed by atoms with E-state index in [4.69, 9.17) is 0 Å². The van der Waals surface area contributed by atoms with Crippen molar-refractivity contribution in [2.75, 3.05) is 12.4 Å². The monoisotopic (exact) mass is 269 g/mol. The molecule has 102 valence electrons. The van der Waals surface area contributed by atoms with Crippen LogP contribution < -0.4 is 10.7 Å². The largest absolute Gasteiger partial charge is 0.452 e. The van der Waals surface area contributed by atoms with Gasteiger partial charge >= 0.3 is 6.09 Å². The molecule has 0 aliphatic carbocycles. The Morgan fingerprint density at radius 2 is 1.70 bits per heavy atom. The SMILES string of the molecule is COC(=O)N/N=C\c1ccc(Nc2ccccc2)cc1. The van der Waals surface area contributed by atoms with Gasteiger partial charge in [0.05, 0.1) is 13.3 Å². The van der Waals surface area contributed by atoms with Crippen LogP contribution in [0.25, 0.3) is 0 Å². The Kier molecular flexibility index (Phi) is 4.72. The number of amides is 1. The molecule has 0 atom stereocenters. The summed E-state index contributed by atoms with van der Waals surface area (Å²) in [7, 11) is 1.29. The van der Waals surface area contributed by atoms with Gasteiger partial charge < -0.3 is 10.1 Å². The van der Waals surface area contributed by atoms with Gasteiger partial charge in [-0.1, -0.05) is 30.3 Å². The average Bonchev–Trinajstić information content (AvgIpc) is 2.50. The molecular weight excluding hydrogens is 254 g/mol. The first-order valence-electron chi connectivity index (χ1n) is 6.07. The maximum Gasteiger partial charge on any atom is 0.427 e. The van der Waals surface area contributed by atoms with Gasteiger partial charge in [0.25, 0.3) is 0 Å². The summed E-state index contributed by atoms with van der Waals surface area (Å²) in [5.41, 5.74) is 5.11. The summed E-state index contributed by atoms with van der Waals surface area (Å²) < 4.78 is 4.40. The quantitative estimate of drug-likeness (QED) is 0.662. The Balaban J connectivity index is 1.94. The second-order valence-electron chi connectivity index (χ2n) is 3.97. The number of carbonyl (C=O) groups is 1. The van der Waals surface area contributed by atoms with Gasteiger partial charge in [-0.25, -0.2) is 10.2 Å². The summed E-state index contributed by atoms with van der Waals surface area (Å²) >= 11 is 0. The van der Waals surface area contributed by atoms with Crippen LogP contribution >= 0.6 is 0 Å². The number of hydrogen-bond donors (Lipinski definition) is 2. The van der Waals surface area contributed by atoms with Crippen molar-refractivity contribution in [1.29, 1.82) is 0 Å². The first kappa shape index (κ1) is 13.6. The second-order valence-corrected chi connectivity index (χ2v) is 3.97. The van der Waals surface area contributed by atoms with Crippen LogP contribution in [0.4, 0.5) is 16.2 Å². The maximum absolute atomic E-state index is 10.8. The normalized spacial score (nSPS) is 10.2. The molecule has 2 N–H and O–H groups in total. The molecule has 0 spiro atoms. The zero-order chi connectivity index (χ0) is 14.2. The highest BCUT2D eigenvalue weighted by molar-refractivity contribution is 5.81. The third-order valence-corrected chi connectivity index (χ3v) is 2.53. The van der Waals surface area contributed by atoms with Gasteiger partial charge in [0.15, 0.2) is 0 Å². The fraction of sp³-hybridized carbons (Fsp3) is 0.0667. The molecule has 2 aromatic carbocycles. The lowest BCUT2D eigenvalue weighted by atomic mass is 10.2. The number of benzene rings is 2. The summed E-state index contributed by atoms with van der Waals surface area (Å²) in [6.45, 7) is 0. The highest BCUT2D eigenvalue weighted by Gasteiger charge is 1.95. The number of carbonyl (C=O) groups excluding carboxylic acids is 1. The third kappa shape index (κ3) is 4.13. The van der Waals surface area contributed by atoms with Crippen molar-refractivity contribution >= 4 is 23.7 Å². The maximum atomic E-state index is 10.8. The second kappa shape index (κ2) is 6.94. The molecule has 0 unspecified atom stereocenters. The minimum Gasteiger partial charge on any atom is -0.452 e. The number of anilines is 2. The van der Waals surface area contributed by atoms with Gasteiger partial charge in [0.2, 0.25) is 0 Å². The Bertz CT molecular complexity index is 580. The number of nitrogens with zero attached hydrogens (tertiary/aromatic N) is 1. The zero-order valence-electron chi connectivity index (χ0n) is 11.0. The van der Waals surface area contributed by atoms with Crippen molar-refractivity contribution in [1.82, 2.24) is 5.43 Å². The molecule has 0 fully saturated rings. The van der Waals surface area contributed by atoms with E-state index in [2.05, 4.69) is 20.6 Å². The predicted molar refractivity (Wildman–Crippen MR) is 79.3 cm³/mol. The van der Waals surface area contributed by atoms with Gasteiger partial charge in [0.1, 0.15) is 0 Å². The zero-order valence-corrected chi connectivity index (χ0v) is 11.0. The van der Waals surface area contributed by atoms with Crippen molar-refractivity contribution in [3.05, 3.63) is 60.2 Å². The fourth-order valence-corrected chi connectivity index (χ4v) is 1.55. The van der Waals surface area contributed by atoms with Crippen molar-refractivity contribution < 1.29 is 9.53 Å². The first-order chi connectivity index (χ1) is 9.78. The van der Waals surface area contributed by atoms with Crippen molar-refractivity contribution in [3.8, 4) is 0 Å². The minimum absolute atomic E-state index is 0.594. The molecule has 0 bridgehead atoms. The van der Waals surface area contributed by atoms with E-state index >= 15 is 0 Å². The van der Waals surface area contributed by atoms with Crippen molar-refractivity contribution in [2.45, 2.75) is 0 Å². The molecule has 0 saturated heterocycles. The number of ether oxygens (including phenoxy) is 1. The minimum atomic E-state index is -0.594. The summed E-state index contributed by atoms with van der Waals surface area (Å²) in [4.78, 5) is 10.8. The van der Waals surface area contributed by atoms with Crippen LogP contribution in [0.2, 0.25) is 0 Å². The highest BCUT2D eigenvalue weighted by atomic mass is 16.5. The van der Waals surface area contributed by atoms with Gasteiger partial charge in [0, 0.05) is 11.4 Å². The number of hydrazone groups is 1. The molecule has 0 aliphatic rings. The van der Waals surface area contributed by atoms with Crippen LogP contribution in [0.3, 0.4) is 0 Å². The van der Waals surface area contributed by atoms with Crippen LogP contribution in [0.5, 0.6) is 0 Å². The van der Waals surface area contributed by atoms with Crippen LogP contribution in [0.15, 0.2) is 59.7 Å². The molecule has 5 heteroatoms. The van der Waals surface area contributed by atoms with E-state index in [-0.39, 0.29) is 0 Å². The van der Waals surface area contributed by atoms with Crippen molar-refractivity contribution in [3.63, 3.8) is 0 Å². The number of para-hydroxylation sites is 1. The Morgan fingerprint density at radius 3 is 2.35 bits per heavy atom. The van der Waals surface area contributed by atoms with Crippen LogP contribution in [-0.4, -0.2) is 19.4 Å². The molecule has 2 aromatic rings. The van der Waals surface area contributed by atoms with Crippen LogP contribution in [0.1, 0.15) is 5.56 Å². The molecule has 0 radical (unpaired) electrons. The van der Waals surface area contributed by atoms with Crippen molar-refractivity contribution in [2.24, 2.45) is 5.10 Å². The number of hydrogen-bond acceptors (Lipinski definition) is 4. The van der Waals surface area contributed by atoms with Gasteiger partial charge in [-0.05, 0) is 29.8 Å². The van der Waals surface area contributed by atoms with E-state index < -0.39 is 6.09 Å². The smallest absolute Gasteiger partial charge is 0.427 e. The van der Waals surface area contributed by atoms with E-state index in [1.807, 2.05) is 54.6 Å². The lowest BCUT2D eigenvalue weighted by Gasteiger charge is -2.06. The molecule has 0 heterocycles. The van der Waals surface area contributed by atoms with Crippen LogP contribution in [0, 0.1) is 0 Å². The fourth-order valence-electron chi connectivity index (χ4n) is 1.55. The Hall–Kier alpha value is -2.82. The standard InChI is InChI=1S/C15H15N3O2/c1-20-15(19)18-16-11-12-7-9-14(10-8-12)17-13-5-3-2-4-6-13/h2-11,17H,1H3,(H,18,19)/b16-11-. The molecule has 1 amide bonds. The predicted octanol–water partition coefficient (Wildman–Crippen LogP) is 3.12. The summed E-state index contributed by atoms with van der Waals surface area (Å²) in [5, 5.41) is 7.04. The summed E-state index contributed by atoms with van der Waals surface area (Å²) in [6.07, 6.45) is 0.951. The third-order valence-electron chi connectivity index (χ3n) is 2.53. The number of rotatable bonds is 4. The number of nitrogens with one attached hydrogen (secondary N) is 2. The molecule has 0 aliphatic heterocycles. The first-order valence-corrected chi connectivity index (χ1v) is 6.07. The molecule has 20 heavy (non-hydrogen) atoms.